The van der Waals surface area contributed by atoms with Crippen LogP contribution in [0.2, 0.25) is 0 Å². The van der Waals surface area contributed by atoms with E-state index in [4.69, 9.17) is 4.42 Å². The quantitative estimate of drug-likeness (QED) is 0.720. The van der Waals surface area contributed by atoms with E-state index >= 15 is 0 Å². The summed E-state index contributed by atoms with van der Waals surface area (Å²) >= 11 is 0. The molecule has 3 aromatic heterocycles. The van der Waals surface area contributed by atoms with Crippen molar-refractivity contribution in [1.29, 1.82) is 0 Å². The molecule has 3 rings (SSSR count). The Labute approximate surface area is 139 Å². The minimum absolute atomic E-state index is 0.0185. The molecule has 0 aromatic carbocycles. The highest BCUT2D eigenvalue weighted by atomic mass is 16.3. The van der Waals surface area contributed by atoms with Crippen LogP contribution in [0.25, 0.3) is 16.6 Å². The summed E-state index contributed by atoms with van der Waals surface area (Å²) in [6.45, 7) is 5.36. The number of fused-ring (bicyclic) bond motifs is 3. The summed E-state index contributed by atoms with van der Waals surface area (Å²) in [6, 6.07) is 3.52. The summed E-state index contributed by atoms with van der Waals surface area (Å²) in [6.07, 6.45) is 5.13. The van der Waals surface area contributed by atoms with Gasteiger partial charge in [0.25, 0.3) is 5.56 Å². The van der Waals surface area contributed by atoms with Gasteiger partial charge in [-0.2, -0.15) is 5.10 Å². The summed E-state index contributed by atoms with van der Waals surface area (Å²) in [5.74, 6) is 0.590. The Morgan fingerprint density at radius 3 is 3.00 bits per heavy atom. The zero-order valence-corrected chi connectivity index (χ0v) is 14.0. The lowest BCUT2D eigenvalue weighted by Gasteiger charge is -2.08. The number of nitrogens with zero attached hydrogens (tertiary/aromatic N) is 3. The van der Waals surface area contributed by atoms with E-state index in [0.29, 0.717) is 42.9 Å². The predicted molar refractivity (Wildman–Crippen MR) is 90.9 cm³/mol. The van der Waals surface area contributed by atoms with Crippen molar-refractivity contribution in [2.75, 3.05) is 6.54 Å². The largest absolute Gasteiger partial charge is 0.463 e. The third-order valence-electron chi connectivity index (χ3n) is 4.04. The number of aromatic nitrogens is 3. The number of hydrogen-bond acceptors (Lipinski definition) is 4. The topological polar surface area (TPSA) is 81.5 Å². The molecule has 24 heavy (non-hydrogen) atoms. The third kappa shape index (κ3) is 3.34. The van der Waals surface area contributed by atoms with Gasteiger partial charge in [0.15, 0.2) is 5.58 Å². The van der Waals surface area contributed by atoms with Gasteiger partial charge in [0.1, 0.15) is 11.8 Å². The Morgan fingerprint density at radius 1 is 1.38 bits per heavy atom. The van der Waals surface area contributed by atoms with E-state index in [9.17, 15) is 9.59 Å². The van der Waals surface area contributed by atoms with Gasteiger partial charge in [-0.1, -0.05) is 13.8 Å². The van der Waals surface area contributed by atoms with Gasteiger partial charge in [0.05, 0.1) is 11.8 Å². The van der Waals surface area contributed by atoms with Crippen molar-refractivity contribution in [3.63, 3.8) is 0 Å². The van der Waals surface area contributed by atoms with Gasteiger partial charge in [0, 0.05) is 31.6 Å². The molecule has 0 spiro atoms. The standard InChI is InChI=1S/C17H22N4O3/c1-12(2)5-7-18-16(22)4-3-8-21-17(23)14-10-15-13(6-9-24-15)20(14)11-19-21/h6,9-12H,3-5,7-8H2,1-2H3,(H,18,22). The maximum Gasteiger partial charge on any atom is 0.291 e. The number of furan rings is 1. The van der Waals surface area contributed by atoms with Crippen LogP contribution in [-0.4, -0.2) is 26.6 Å². The van der Waals surface area contributed by atoms with Crippen LogP contribution >= 0.6 is 0 Å². The highest BCUT2D eigenvalue weighted by Crippen LogP contribution is 2.18. The molecule has 1 amide bonds. The molecule has 3 aromatic rings. The maximum atomic E-state index is 12.5. The molecule has 128 valence electrons. The molecule has 7 heteroatoms. The molecule has 3 heterocycles. The van der Waals surface area contributed by atoms with Crippen molar-refractivity contribution < 1.29 is 9.21 Å². The van der Waals surface area contributed by atoms with Crippen molar-refractivity contribution >= 4 is 22.5 Å². The van der Waals surface area contributed by atoms with Crippen LogP contribution in [0.5, 0.6) is 0 Å². The van der Waals surface area contributed by atoms with Gasteiger partial charge in [-0.3, -0.25) is 14.0 Å². The SMILES string of the molecule is CC(C)CCNC(=O)CCCn1ncn2c(cc3occc32)c1=O. The average Bonchev–Trinajstić information content (AvgIpc) is 3.10. The van der Waals surface area contributed by atoms with Crippen LogP contribution in [-0.2, 0) is 11.3 Å². The molecule has 0 unspecified atom stereocenters. The van der Waals surface area contributed by atoms with Crippen LogP contribution < -0.4 is 10.9 Å². The predicted octanol–water partition coefficient (Wildman–Crippen LogP) is 2.18. The fourth-order valence-corrected chi connectivity index (χ4v) is 2.67. The lowest BCUT2D eigenvalue weighted by molar-refractivity contribution is -0.121. The van der Waals surface area contributed by atoms with Crippen molar-refractivity contribution in [2.24, 2.45) is 5.92 Å². The Morgan fingerprint density at radius 2 is 2.21 bits per heavy atom. The van der Waals surface area contributed by atoms with E-state index in [1.54, 1.807) is 29.1 Å². The second-order valence-corrected chi connectivity index (χ2v) is 6.36. The Kier molecular flexibility index (Phi) is 4.69. The van der Waals surface area contributed by atoms with Crippen LogP contribution in [0.15, 0.2) is 33.9 Å². The maximum absolute atomic E-state index is 12.5. The summed E-state index contributed by atoms with van der Waals surface area (Å²) in [5.41, 5.74) is 1.84. The van der Waals surface area contributed by atoms with Crippen molar-refractivity contribution in [2.45, 2.75) is 39.7 Å². The highest BCUT2D eigenvalue weighted by molar-refractivity contribution is 5.81. The molecule has 0 radical (unpaired) electrons. The molecule has 0 saturated carbocycles. The normalized spacial score (nSPS) is 11.6. The summed E-state index contributed by atoms with van der Waals surface area (Å²) in [5, 5.41) is 7.08. The first-order valence-corrected chi connectivity index (χ1v) is 8.27. The molecule has 0 aliphatic carbocycles. The second-order valence-electron chi connectivity index (χ2n) is 6.36. The summed E-state index contributed by atoms with van der Waals surface area (Å²) in [4.78, 5) is 24.2. The van der Waals surface area contributed by atoms with E-state index in [1.165, 1.54) is 4.68 Å². The number of amides is 1. The van der Waals surface area contributed by atoms with Gasteiger partial charge in [0.2, 0.25) is 5.91 Å². The number of aryl methyl sites for hydroxylation is 1. The van der Waals surface area contributed by atoms with Crippen LogP contribution in [0.1, 0.15) is 33.1 Å². The Balaban J connectivity index is 1.60. The van der Waals surface area contributed by atoms with Gasteiger partial charge in [-0.25, -0.2) is 4.68 Å². The van der Waals surface area contributed by atoms with E-state index in [2.05, 4.69) is 24.3 Å². The monoisotopic (exact) mass is 330 g/mol. The van der Waals surface area contributed by atoms with Crippen LogP contribution in [0, 0.1) is 5.92 Å². The van der Waals surface area contributed by atoms with Crippen LogP contribution in [0.4, 0.5) is 0 Å². The zero-order chi connectivity index (χ0) is 17.1. The third-order valence-corrected chi connectivity index (χ3v) is 4.04. The average molecular weight is 330 g/mol. The smallest absolute Gasteiger partial charge is 0.291 e. The number of carbonyl (C=O) groups excluding carboxylic acids is 1. The minimum Gasteiger partial charge on any atom is -0.463 e. The molecular formula is C17H22N4O3. The van der Waals surface area contributed by atoms with Gasteiger partial charge in [-0.15, -0.1) is 0 Å². The van der Waals surface area contributed by atoms with E-state index in [1.807, 2.05) is 0 Å². The molecule has 0 atom stereocenters. The first-order valence-electron chi connectivity index (χ1n) is 8.27. The molecule has 0 aliphatic heterocycles. The second kappa shape index (κ2) is 6.90. The van der Waals surface area contributed by atoms with Crippen molar-refractivity contribution in [3.8, 4) is 0 Å². The molecule has 0 bridgehead atoms. The number of hydrogen-bond donors (Lipinski definition) is 1. The van der Waals surface area contributed by atoms with Gasteiger partial charge >= 0.3 is 0 Å². The molecular weight excluding hydrogens is 308 g/mol. The van der Waals surface area contributed by atoms with E-state index < -0.39 is 0 Å². The fraction of sp³-hybridized carbons (Fsp3) is 0.471. The first kappa shape index (κ1) is 16.3. The number of carbonyl (C=O) groups is 1. The molecule has 0 fully saturated rings. The molecule has 1 N–H and O–H groups in total. The molecule has 7 nitrogen and oxygen atoms in total. The van der Waals surface area contributed by atoms with Crippen molar-refractivity contribution in [3.05, 3.63) is 35.1 Å². The lowest BCUT2D eigenvalue weighted by atomic mass is 10.1. The highest BCUT2D eigenvalue weighted by Gasteiger charge is 2.11. The van der Waals surface area contributed by atoms with Crippen molar-refractivity contribution in [1.82, 2.24) is 19.5 Å². The molecule has 0 saturated heterocycles. The Hall–Kier alpha value is -2.57. The van der Waals surface area contributed by atoms with Gasteiger partial charge in [-0.05, 0) is 18.8 Å². The lowest BCUT2D eigenvalue weighted by Crippen LogP contribution is -2.27. The van der Waals surface area contributed by atoms with E-state index in [0.717, 1.165) is 11.9 Å². The summed E-state index contributed by atoms with van der Waals surface area (Å²) in [7, 11) is 0. The minimum atomic E-state index is -0.177. The molecule has 0 aliphatic rings. The van der Waals surface area contributed by atoms with Gasteiger partial charge < -0.3 is 9.73 Å². The fourth-order valence-electron chi connectivity index (χ4n) is 2.67. The number of rotatable bonds is 7. The summed E-state index contributed by atoms with van der Waals surface area (Å²) < 4.78 is 8.43. The Bertz CT molecular complexity index is 903. The van der Waals surface area contributed by atoms with E-state index in [-0.39, 0.29) is 11.5 Å². The zero-order valence-electron chi connectivity index (χ0n) is 14.0. The first-order chi connectivity index (χ1) is 11.6. The number of nitrogens with one attached hydrogen (secondary N) is 1. The van der Waals surface area contributed by atoms with Crippen LogP contribution in [0.3, 0.4) is 0 Å².